The second-order valence-corrected chi connectivity index (χ2v) is 5.29. The van der Waals surface area contributed by atoms with E-state index < -0.39 is 0 Å². The van der Waals surface area contributed by atoms with Crippen LogP contribution >= 0.6 is 11.8 Å². The second-order valence-electron chi connectivity index (χ2n) is 3.75. The first-order chi connectivity index (χ1) is 5.52. The number of thioether (sulfide) groups is 1. The average molecular weight is 190 g/mol. The summed E-state index contributed by atoms with van der Waals surface area (Å²) in [6.07, 6.45) is 0. The maximum absolute atomic E-state index is 2.29. The van der Waals surface area contributed by atoms with Crippen LogP contribution in [-0.2, 0) is 0 Å². The molecule has 0 aliphatic heterocycles. The van der Waals surface area contributed by atoms with Gasteiger partial charge in [-0.15, -0.1) is 0 Å². The van der Waals surface area contributed by atoms with Gasteiger partial charge in [0.2, 0.25) is 0 Å². The van der Waals surface area contributed by atoms with Crippen LogP contribution in [0.25, 0.3) is 0 Å². The summed E-state index contributed by atoms with van der Waals surface area (Å²) in [4.78, 5) is 4.47. The van der Waals surface area contributed by atoms with Crippen molar-refractivity contribution in [3.63, 3.8) is 0 Å². The first-order valence-electron chi connectivity index (χ1n) is 4.43. The first-order valence-corrected chi connectivity index (χ1v) is 5.48. The molecular formula is C9H22N2S. The van der Waals surface area contributed by atoms with E-state index in [9.17, 15) is 0 Å². The van der Waals surface area contributed by atoms with Crippen LogP contribution in [0.3, 0.4) is 0 Å². The van der Waals surface area contributed by atoms with E-state index in [0.717, 1.165) is 5.25 Å². The van der Waals surface area contributed by atoms with Crippen LogP contribution in [0, 0.1) is 0 Å². The van der Waals surface area contributed by atoms with Crippen LogP contribution in [0.15, 0.2) is 0 Å². The topological polar surface area (TPSA) is 6.48 Å². The molecule has 74 valence electrons. The Labute approximate surface area is 81.3 Å². The highest BCUT2D eigenvalue weighted by Gasteiger charge is 2.03. The lowest BCUT2D eigenvalue weighted by molar-refractivity contribution is 0.412. The minimum atomic E-state index is 0.750. The van der Waals surface area contributed by atoms with E-state index in [2.05, 4.69) is 44.9 Å². The van der Waals surface area contributed by atoms with Gasteiger partial charge in [0, 0.05) is 24.1 Å². The van der Waals surface area contributed by atoms with E-state index in [-0.39, 0.29) is 0 Å². The Kier molecular flexibility index (Phi) is 6.90. The second kappa shape index (κ2) is 6.75. The summed E-state index contributed by atoms with van der Waals surface area (Å²) in [5.41, 5.74) is 0. The maximum atomic E-state index is 2.29. The van der Waals surface area contributed by atoms with Crippen LogP contribution in [0.4, 0.5) is 0 Å². The zero-order valence-corrected chi connectivity index (χ0v) is 9.82. The quantitative estimate of drug-likeness (QED) is 0.622. The molecule has 1 unspecified atom stereocenters. The molecule has 0 aliphatic carbocycles. The third-order valence-electron chi connectivity index (χ3n) is 1.56. The SMILES string of the molecule is CC(CN(C)C)SCCN(C)C. The molecule has 0 rings (SSSR count). The molecule has 0 heterocycles. The molecule has 0 saturated carbocycles. The van der Waals surface area contributed by atoms with Crippen molar-refractivity contribution in [1.82, 2.24) is 9.80 Å². The zero-order valence-electron chi connectivity index (χ0n) is 9.00. The van der Waals surface area contributed by atoms with Crippen LogP contribution in [0.5, 0.6) is 0 Å². The summed E-state index contributed by atoms with van der Waals surface area (Å²) in [5.74, 6) is 1.24. The molecule has 0 bridgehead atoms. The highest BCUT2D eigenvalue weighted by atomic mass is 32.2. The van der Waals surface area contributed by atoms with Crippen molar-refractivity contribution < 1.29 is 0 Å². The van der Waals surface area contributed by atoms with Crippen LogP contribution in [0.1, 0.15) is 6.92 Å². The van der Waals surface area contributed by atoms with Crippen molar-refractivity contribution in [2.45, 2.75) is 12.2 Å². The maximum Gasteiger partial charge on any atom is 0.0146 e. The molecule has 2 nitrogen and oxygen atoms in total. The van der Waals surface area contributed by atoms with E-state index >= 15 is 0 Å². The molecule has 0 aromatic heterocycles. The van der Waals surface area contributed by atoms with Crippen LogP contribution in [-0.4, -0.2) is 62.1 Å². The fraction of sp³-hybridized carbons (Fsp3) is 1.00. The lowest BCUT2D eigenvalue weighted by Crippen LogP contribution is -2.23. The molecule has 12 heavy (non-hydrogen) atoms. The third-order valence-corrected chi connectivity index (χ3v) is 2.70. The van der Waals surface area contributed by atoms with Gasteiger partial charge in [0.05, 0.1) is 0 Å². The highest BCUT2D eigenvalue weighted by molar-refractivity contribution is 7.99. The molecule has 3 heteroatoms. The third kappa shape index (κ3) is 8.37. The van der Waals surface area contributed by atoms with Gasteiger partial charge in [0.25, 0.3) is 0 Å². The van der Waals surface area contributed by atoms with Gasteiger partial charge in [-0.3, -0.25) is 0 Å². The predicted molar refractivity (Wildman–Crippen MR) is 59.0 cm³/mol. The van der Waals surface area contributed by atoms with E-state index in [1.807, 2.05) is 11.8 Å². The van der Waals surface area contributed by atoms with Crippen molar-refractivity contribution in [3.05, 3.63) is 0 Å². The normalized spacial score (nSPS) is 14.2. The number of rotatable bonds is 6. The van der Waals surface area contributed by atoms with E-state index in [4.69, 9.17) is 0 Å². The smallest absolute Gasteiger partial charge is 0.0146 e. The van der Waals surface area contributed by atoms with Gasteiger partial charge in [0.1, 0.15) is 0 Å². The fourth-order valence-electron chi connectivity index (χ4n) is 1.00. The summed E-state index contributed by atoms with van der Waals surface area (Å²) in [6, 6.07) is 0. The van der Waals surface area contributed by atoms with Gasteiger partial charge in [-0.2, -0.15) is 11.8 Å². The fourth-order valence-corrected chi connectivity index (χ4v) is 2.28. The molecule has 0 fully saturated rings. The molecule has 0 radical (unpaired) electrons. The average Bonchev–Trinajstić information content (AvgIpc) is 1.84. The molecule has 0 aromatic carbocycles. The Bertz CT molecular complexity index is 105. The molecule has 0 spiro atoms. The summed E-state index contributed by atoms with van der Waals surface area (Å²) in [6.45, 7) is 4.65. The van der Waals surface area contributed by atoms with E-state index in [0.29, 0.717) is 0 Å². The lowest BCUT2D eigenvalue weighted by Gasteiger charge is -2.17. The van der Waals surface area contributed by atoms with Crippen molar-refractivity contribution in [2.24, 2.45) is 0 Å². The molecule has 0 amide bonds. The van der Waals surface area contributed by atoms with Gasteiger partial charge >= 0.3 is 0 Å². The lowest BCUT2D eigenvalue weighted by atomic mass is 10.4. The molecular weight excluding hydrogens is 168 g/mol. The summed E-state index contributed by atoms with van der Waals surface area (Å²) in [7, 11) is 8.50. The highest BCUT2D eigenvalue weighted by Crippen LogP contribution is 2.10. The summed E-state index contributed by atoms with van der Waals surface area (Å²) in [5, 5.41) is 0.750. The summed E-state index contributed by atoms with van der Waals surface area (Å²) >= 11 is 2.05. The Hall–Kier alpha value is 0.270. The minimum absolute atomic E-state index is 0.750. The predicted octanol–water partition coefficient (Wildman–Crippen LogP) is 1.23. The Morgan fingerprint density at radius 2 is 1.67 bits per heavy atom. The van der Waals surface area contributed by atoms with Gasteiger partial charge in [-0.25, -0.2) is 0 Å². The van der Waals surface area contributed by atoms with Crippen molar-refractivity contribution in [1.29, 1.82) is 0 Å². The zero-order chi connectivity index (χ0) is 9.56. The Balaban J connectivity index is 3.25. The van der Waals surface area contributed by atoms with E-state index in [1.54, 1.807) is 0 Å². The molecule has 0 aromatic rings. The molecule has 0 aliphatic rings. The Morgan fingerprint density at radius 3 is 2.08 bits per heavy atom. The van der Waals surface area contributed by atoms with Crippen LogP contribution in [0.2, 0.25) is 0 Å². The van der Waals surface area contributed by atoms with Crippen molar-refractivity contribution >= 4 is 11.8 Å². The van der Waals surface area contributed by atoms with E-state index in [1.165, 1.54) is 18.8 Å². The van der Waals surface area contributed by atoms with Gasteiger partial charge in [-0.05, 0) is 28.2 Å². The largest absolute Gasteiger partial charge is 0.309 e. The Morgan fingerprint density at radius 1 is 1.08 bits per heavy atom. The van der Waals surface area contributed by atoms with Crippen LogP contribution < -0.4 is 0 Å². The molecule has 0 N–H and O–H groups in total. The molecule has 0 saturated heterocycles. The minimum Gasteiger partial charge on any atom is -0.309 e. The number of nitrogens with zero attached hydrogens (tertiary/aromatic N) is 2. The van der Waals surface area contributed by atoms with Gasteiger partial charge < -0.3 is 9.80 Å². The first kappa shape index (κ1) is 12.3. The van der Waals surface area contributed by atoms with Crippen molar-refractivity contribution in [2.75, 3.05) is 47.0 Å². The van der Waals surface area contributed by atoms with Gasteiger partial charge in [0.15, 0.2) is 0 Å². The summed E-state index contributed by atoms with van der Waals surface area (Å²) < 4.78 is 0. The standard InChI is InChI=1S/C9H22N2S/c1-9(8-11(4)5)12-7-6-10(2)3/h9H,6-8H2,1-5H3. The van der Waals surface area contributed by atoms with Crippen molar-refractivity contribution in [3.8, 4) is 0 Å². The monoisotopic (exact) mass is 190 g/mol. The van der Waals surface area contributed by atoms with Gasteiger partial charge in [-0.1, -0.05) is 6.92 Å². The number of hydrogen-bond acceptors (Lipinski definition) is 3. The number of hydrogen-bond donors (Lipinski definition) is 0. The molecule has 1 atom stereocenters.